The standard InChI is InChI=1S/C15H18ClNO3/c1-7-5-9-12(11(18)3-4-17)14-10(6-8(2)19-14)13(16)15(9)20-7/h7-8H,3-6,17H2,1-2H3. The van der Waals surface area contributed by atoms with Crippen molar-refractivity contribution in [2.45, 2.75) is 45.3 Å². The summed E-state index contributed by atoms with van der Waals surface area (Å²) in [4.78, 5) is 12.4. The minimum absolute atomic E-state index is 0.0171. The van der Waals surface area contributed by atoms with E-state index < -0.39 is 0 Å². The van der Waals surface area contributed by atoms with Crippen LogP contribution in [-0.2, 0) is 12.8 Å². The average molecular weight is 296 g/mol. The van der Waals surface area contributed by atoms with E-state index in [1.807, 2.05) is 13.8 Å². The molecule has 2 aliphatic heterocycles. The summed E-state index contributed by atoms with van der Waals surface area (Å²) < 4.78 is 11.6. The molecule has 20 heavy (non-hydrogen) atoms. The third-order valence-electron chi connectivity index (χ3n) is 3.81. The zero-order valence-electron chi connectivity index (χ0n) is 11.7. The van der Waals surface area contributed by atoms with Crippen LogP contribution in [0.15, 0.2) is 0 Å². The summed E-state index contributed by atoms with van der Waals surface area (Å²) in [5.74, 6) is 1.33. The van der Waals surface area contributed by atoms with E-state index in [0.717, 1.165) is 11.1 Å². The van der Waals surface area contributed by atoms with Gasteiger partial charge in [-0.1, -0.05) is 11.6 Å². The molecule has 1 aromatic rings. The van der Waals surface area contributed by atoms with Gasteiger partial charge in [-0.15, -0.1) is 0 Å². The van der Waals surface area contributed by atoms with E-state index in [-0.39, 0.29) is 18.0 Å². The van der Waals surface area contributed by atoms with E-state index >= 15 is 0 Å². The first-order chi connectivity index (χ1) is 9.52. The zero-order chi connectivity index (χ0) is 14.4. The number of halogens is 1. The predicted molar refractivity (Wildman–Crippen MR) is 77.0 cm³/mol. The van der Waals surface area contributed by atoms with Crippen molar-refractivity contribution < 1.29 is 14.3 Å². The Labute approximate surface area is 123 Å². The molecule has 0 saturated heterocycles. The smallest absolute Gasteiger partial charge is 0.168 e. The number of ether oxygens (including phenoxy) is 2. The highest BCUT2D eigenvalue weighted by atomic mass is 35.5. The molecule has 2 aliphatic rings. The first-order valence-electron chi connectivity index (χ1n) is 6.96. The predicted octanol–water partition coefficient (Wildman–Crippen LogP) is 2.52. The summed E-state index contributed by atoms with van der Waals surface area (Å²) in [7, 11) is 0. The van der Waals surface area contributed by atoms with Crippen LogP contribution in [-0.4, -0.2) is 24.5 Å². The van der Waals surface area contributed by atoms with Gasteiger partial charge in [-0.25, -0.2) is 0 Å². The maximum absolute atomic E-state index is 12.4. The van der Waals surface area contributed by atoms with Crippen LogP contribution >= 0.6 is 11.6 Å². The van der Waals surface area contributed by atoms with Crippen molar-refractivity contribution in [3.8, 4) is 11.5 Å². The van der Waals surface area contributed by atoms with Crippen LogP contribution < -0.4 is 15.2 Å². The fourth-order valence-electron chi connectivity index (χ4n) is 3.01. The molecule has 0 aliphatic carbocycles. The maximum atomic E-state index is 12.4. The lowest BCUT2D eigenvalue weighted by Gasteiger charge is -2.14. The molecule has 0 saturated carbocycles. The maximum Gasteiger partial charge on any atom is 0.168 e. The summed E-state index contributed by atoms with van der Waals surface area (Å²) in [6, 6.07) is 0. The molecule has 0 aromatic heterocycles. The minimum atomic E-state index is 0.0171. The van der Waals surface area contributed by atoms with Crippen molar-refractivity contribution >= 4 is 17.4 Å². The second-order valence-electron chi connectivity index (χ2n) is 5.53. The quantitative estimate of drug-likeness (QED) is 0.871. The Hall–Kier alpha value is -1.26. The lowest BCUT2D eigenvalue weighted by Crippen LogP contribution is -2.13. The van der Waals surface area contributed by atoms with Crippen molar-refractivity contribution in [3.63, 3.8) is 0 Å². The Morgan fingerprint density at radius 2 is 1.80 bits per heavy atom. The lowest BCUT2D eigenvalue weighted by molar-refractivity contribution is 0.0980. The molecule has 3 rings (SSSR count). The van der Waals surface area contributed by atoms with Gasteiger partial charge in [0.15, 0.2) is 5.78 Å². The average Bonchev–Trinajstić information content (AvgIpc) is 2.93. The highest BCUT2D eigenvalue weighted by Crippen LogP contribution is 2.49. The van der Waals surface area contributed by atoms with Crippen LogP contribution in [0.2, 0.25) is 5.02 Å². The number of hydrogen-bond acceptors (Lipinski definition) is 4. The molecule has 108 valence electrons. The second kappa shape index (κ2) is 4.93. The van der Waals surface area contributed by atoms with Crippen molar-refractivity contribution in [1.29, 1.82) is 0 Å². The number of fused-ring (bicyclic) bond motifs is 2. The molecule has 0 amide bonds. The molecule has 2 atom stereocenters. The number of carbonyl (C=O) groups excluding carboxylic acids is 1. The molecule has 4 nitrogen and oxygen atoms in total. The Bertz CT molecular complexity index is 546. The van der Waals surface area contributed by atoms with Gasteiger partial charge in [0.25, 0.3) is 0 Å². The van der Waals surface area contributed by atoms with Gasteiger partial charge in [0.05, 0.1) is 10.6 Å². The first-order valence-corrected chi connectivity index (χ1v) is 7.34. The number of hydrogen-bond donors (Lipinski definition) is 1. The zero-order valence-corrected chi connectivity index (χ0v) is 12.4. The second-order valence-corrected chi connectivity index (χ2v) is 5.91. The van der Waals surface area contributed by atoms with E-state index in [1.165, 1.54) is 0 Å². The van der Waals surface area contributed by atoms with Gasteiger partial charge in [-0.3, -0.25) is 4.79 Å². The van der Waals surface area contributed by atoms with Crippen LogP contribution in [0, 0.1) is 0 Å². The van der Waals surface area contributed by atoms with E-state index in [1.54, 1.807) is 0 Å². The fourth-order valence-corrected chi connectivity index (χ4v) is 3.33. The van der Waals surface area contributed by atoms with Crippen molar-refractivity contribution in [3.05, 3.63) is 21.7 Å². The molecule has 0 bridgehead atoms. The van der Waals surface area contributed by atoms with E-state index in [9.17, 15) is 4.79 Å². The molecule has 5 heteroatoms. The van der Waals surface area contributed by atoms with Crippen LogP contribution in [0.25, 0.3) is 0 Å². The summed E-state index contributed by atoms with van der Waals surface area (Å²) in [6.45, 7) is 4.28. The Kier molecular flexibility index (Phi) is 3.38. The van der Waals surface area contributed by atoms with Gasteiger partial charge in [-0.05, 0) is 20.4 Å². The van der Waals surface area contributed by atoms with Gasteiger partial charge < -0.3 is 15.2 Å². The highest BCUT2D eigenvalue weighted by molar-refractivity contribution is 6.33. The third kappa shape index (κ3) is 1.98. The topological polar surface area (TPSA) is 61.6 Å². The summed E-state index contributed by atoms with van der Waals surface area (Å²) in [5, 5.41) is 0.605. The summed E-state index contributed by atoms with van der Waals surface area (Å²) in [6.07, 6.45) is 1.78. The molecule has 1 aromatic carbocycles. The van der Waals surface area contributed by atoms with E-state index in [0.29, 0.717) is 47.9 Å². The molecule has 0 spiro atoms. The molecular weight excluding hydrogens is 278 g/mol. The number of rotatable bonds is 3. The van der Waals surface area contributed by atoms with Crippen LogP contribution in [0.3, 0.4) is 0 Å². The van der Waals surface area contributed by atoms with E-state index in [2.05, 4.69) is 0 Å². The molecule has 2 heterocycles. The van der Waals surface area contributed by atoms with Crippen LogP contribution in [0.4, 0.5) is 0 Å². The van der Waals surface area contributed by atoms with Crippen molar-refractivity contribution in [2.24, 2.45) is 5.73 Å². The monoisotopic (exact) mass is 295 g/mol. The molecule has 0 fully saturated rings. The number of ketones is 1. The van der Waals surface area contributed by atoms with Crippen molar-refractivity contribution in [1.82, 2.24) is 0 Å². The first kappa shape index (κ1) is 13.7. The van der Waals surface area contributed by atoms with Crippen LogP contribution in [0.1, 0.15) is 41.8 Å². The third-order valence-corrected chi connectivity index (χ3v) is 4.21. The van der Waals surface area contributed by atoms with Gasteiger partial charge >= 0.3 is 0 Å². The number of benzene rings is 1. The number of nitrogens with two attached hydrogens (primary N) is 1. The van der Waals surface area contributed by atoms with Gasteiger partial charge in [0.1, 0.15) is 23.7 Å². The molecule has 2 unspecified atom stereocenters. The number of Topliss-reactive ketones (excluding diaryl/α,β-unsaturated/α-hetero) is 1. The Morgan fingerprint density at radius 3 is 2.45 bits per heavy atom. The van der Waals surface area contributed by atoms with Crippen LogP contribution in [0.5, 0.6) is 11.5 Å². The molecule has 2 N–H and O–H groups in total. The Balaban J connectivity index is 2.20. The largest absolute Gasteiger partial charge is 0.489 e. The SMILES string of the molecule is CC1Cc2c(c(Cl)c3c(c2C(=O)CCN)OC(C)C3)O1. The number of carbonyl (C=O) groups is 1. The normalized spacial score (nSPS) is 23.0. The molecule has 0 radical (unpaired) electrons. The summed E-state index contributed by atoms with van der Waals surface area (Å²) in [5.41, 5.74) is 7.94. The lowest BCUT2D eigenvalue weighted by atomic mass is 9.94. The van der Waals surface area contributed by atoms with Gasteiger partial charge in [0, 0.05) is 30.4 Å². The van der Waals surface area contributed by atoms with Gasteiger partial charge in [-0.2, -0.15) is 0 Å². The van der Waals surface area contributed by atoms with Crippen molar-refractivity contribution in [2.75, 3.05) is 6.54 Å². The Morgan fingerprint density at radius 1 is 1.20 bits per heavy atom. The fraction of sp³-hybridized carbons (Fsp3) is 0.533. The summed E-state index contributed by atoms with van der Waals surface area (Å²) >= 11 is 6.44. The molecular formula is C15H18ClNO3. The van der Waals surface area contributed by atoms with Gasteiger partial charge in [0.2, 0.25) is 0 Å². The highest BCUT2D eigenvalue weighted by Gasteiger charge is 2.37. The van der Waals surface area contributed by atoms with E-state index in [4.69, 9.17) is 26.8 Å². The minimum Gasteiger partial charge on any atom is -0.489 e.